The van der Waals surface area contributed by atoms with Gasteiger partial charge in [0.1, 0.15) is 17.7 Å². The predicted molar refractivity (Wildman–Crippen MR) is 155 cm³/mol. The van der Waals surface area contributed by atoms with Crippen molar-refractivity contribution in [3.05, 3.63) is 46.5 Å². The van der Waals surface area contributed by atoms with Crippen LogP contribution in [-0.4, -0.2) is 77.8 Å². The fraction of sp³-hybridized carbons (Fsp3) is 0.586. The number of aryl methyl sites for hydroxylation is 1. The van der Waals surface area contributed by atoms with Gasteiger partial charge in [-0.3, -0.25) is 4.90 Å². The van der Waals surface area contributed by atoms with Crippen molar-refractivity contribution in [2.24, 2.45) is 5.92 Å². The molecule has 1 aromatic carbocycles. The normalized spacial score (nSPS) is 26.2. The molecule has 2 saturated heterocycles. The van der Waals surface area contributed by atoms with E-state index in [2.05, 4.69) is 66.5 Å². The molecule has 3 aromatic heterocycles. The van der Waals surface area contributed by atoms with Gasteiger partial charge in [0.05, 0.1) is 12.6 Å². The van der Waals surface area contributed by atoms with Gasteiger partial charge in [-0.15, -0.1) is 10.2 Å². The number of piperazine rings is 1. The van der Waals surface area contributed by atoms with Gasteiger partial charge < -0.3 is 14.2 Å². The smallest absolute Gasteiger partial charge is 0.258 e. The fourth-order valence-electron chi connectivity index (χ4n) is 7.12. The standard InChI is InChI=1S/C29H35BrF2N8O/c1-17-14-38(18(2)13-37(17)25(21-11-29(31,32)12-21)20-6-8-22(30)9-7-20)26-24-27(40-16-33-36-28(40)35-26)39(19(3)34-24)15-23-5-4-10-41-23/h6-9,16-18,21,23,25H,4-5,10-15H2,1-3H3/t17-,18+,23?,25?/m1/s1. The number of benzene rings is 1. The molecule has 2 unspecified atom stereocenters. The molecule has 0 radical (unpaired) electrons. The van der Waals surface area contributed by atoms with Crippen molar-refractivity contribution in [3.8, 4) is 0 Å². The van der Waals surface area contributed by atoms with Crippen LogP contribution in [0.15, 0.2) is 35.1 Å². The second kappa shape index (κ2) is 10.2. The summed E-state index contributed by atoms with van der Waals surface area (Å²) >= 11 is 3.52. The van der Waals surface area contributed by atoms with Gasteiger partial charge in [-0.2, -0.15) is 4.98 Å². The summed E-state index contributed by atoms with van der Waals surface area (Å²) in [5.74, 6) is -0.420. The summed E-state index contributed by atoms with van der Waals surface area (Å²) < 4.78 is 39.2. The zero-order valence-electron chi connectivity index (χ0n) is 23.6. The number of hydrogen-bond donors (Lipinski definition) is 0. The molecule has 4 atom stereocenters. The van der Waals surface area contributed by atoms with E-state index >= 15 is 0 Å². The van der Waals surface area contributed by atoms with Crippen LogP contribution in [0.5, 0.6) is 0 Å². The highest BCUT2D eigenvalue weighted by molar-refractivity contribution is 9.10. The van der Waals surface area contributed by atoms with E-state index in [9.17, 15) is 8.78 Å². The number of nitrogens with zero attached hydrogens (tertiary/aromatic N) is 8. The van der Waals surface area contributed by atoms with Gasteiger partial charge in [-0.05, 0) is 57.2 Å². The third-order valence-electron chi connectivity index (χ3n) is 9.16. The van der Waals surface area contributed by atoms with Crippen molar-refractivity contribution < 1.29 is 13.5 Å². The van der Waals surface area contributed by atoms with Crippen LogP contribution < -0.4 is 4.90 Å². The van der Waals surface area contributed by atoms with Gasteiger partial charge in [0.15, 0.2) is 11.5 Å². The molecular weight excluding hydrogens is 594 g/mol. The number of imidazole rings is 1. The lowest BCUT2D eigenvalue weighted by Gasteiger charge is -2.52. The van der Waals surface area contributed by atoms with Crippen molar-refractivity contribution in [2.45, 2.75) is 83.2 Å². The second-order valence-corrected chi connectivity index (χ2v) is 13.0. The number of fused-ring (bicyclic) bond motifs is 3. The third kappa shape index (κ3) is 4.81. The van der Waals surface area contributed by atoms with Gasteiger partial charge in [-0.1, -0.05) is 28.1 Å². The van der Waals surface area contributed by atoms with Gasteiger partial charge in [-0.25, -0.2) is 18.2 Å². The number of halogens is 3. The Bertz CT molecular complexity index is 1560. The molecule has 9 nitrogen and oxygen atoms in total. The van der Waals surface area contributed by atoms with Crippen molar-refractivity contribution in [1.82, 2.24) is 34.0 Å². The first kappa shape index (κ1) is 27.2. The molecule has 0 amide bonds. The molecular formula is C29H35BrF2N8O. The summed E-state index contributed by atoms with van der Waals surface area (Å²) in [6.07, 6.45) is 3.83. The highest BCUT2D eigenvalue weighted by Gasteiger charge is 2.51. The molecule has 0 spiro atoms. The van der Waals surface area contributed by atoms with E-state index in [0.29, 0.717) is 12.3 Å². The van der Waals surface area contributed by atoms with Crippen LogP contribution in [0.25, 0.3) is 16.9 Å². The third-order valence-corrected chi connectivity index (χ3v) is 9.69. The maximum absolute atomic E-state index is 14.1. The monoisotopic (exact) mass is 628 g/mol. The molecule has 218 valence electrons. The first-order valence-corrected chi connectivity index (χ1v) is 15.3. The molecule has 4 aromatic rings. The zero-order valence-corrected chi connectivity index (χ0v) is 25.1. The van der Waals surface area contributed by atoms with Crippen LogP contribution in [0.2, 0.25) is 0 Å². The van der Waals surface area contributed by atoms with Crippen molar-refractivity contribution in [3.63, 3.8) is 0 Å². The Morgan fingerprint density at radius 3 is 2.59 bits per heavy atom. The Morgan fingerprint density at radius 1 is 1.10 bits per heavy atom. The minimum Gasteiger partial charge on any atom is -0.376 e. The number of anilines is 1. The van der Waals surface area contributed by atoms with Gasteiger partial charge >= 0.3 is 0 Å². The van der Waals surface area contributed by atoms with Crippen LogP contribution in [0.4, 0.5) is 14.6 Å². The lowest BCUT2D eigenvalue weighted by atomic mass is 9.73. The van der Waals surface area contributed by atoms with Crippen LogP contribution >= 0.6 is 15.9 Å². The second-order valence-electron chi connectivity index (χ2n) is 12.1. The molecule has 1 aliphatic carbocycles. The minimum atomic E-state index is -2.57. The number of alkyl halides is 2. The summed E-state index contributed by atoms with van der Waals surface area (Å²) in [4.78, 5) is 14.7. The maximum Gasteiger partial charge on any atom is 0.258 e. The first-order valence-electron chi connectivity index (χ1n) is 14.5. The summed E-state index contributed by atoms with van der Waals surface area (Å²) in [6, 6.07) is 8.28. The Labute approximate surface area is 246 Å². The number of ether oxygens (including phenoxy) is 1. The Balaban J connectivity index is 1.23. The maximum atomic E-state index is 14.1. The largest absolute Gasteiger partial charge is 0.376 e. The lowest BCUT2D eigenvalue weighted by molar-refractivity contribution is -0.137. The Kier molecular flexibility index (Phi) is 6.78. The molecule has 0 N–H and O–H groups in total. The minimum absolute atomic E-state index is 0.0673. The number of rotatable bonds is 6. The van der Waals surface area contributed by atoms with Crippen molar-refractivity contribution in [2.75, 3.05) is 24.6 Å². The van der Waals surface area contributed by atoms with Crippen LogP contribution in [0, 0.1) is 12.8 Å². The van der Waals surface area contributed by atoms with E-state index < -0.39 is 5.92 Å². The van der Waals surface area contributed by atoms with E-state index in [0.717, 1.165) is 65.4 Å². The average molecular weight is 630 g/mol. The topological polar surface area (TPSA) is 76.6 Å². The Hall–Kier alpha value is -2.70. The average Bonchev–Trinajstić information content (AvgIpc) is 3.67. The highest BCUT2D eigenvalue weighted by Crippen LogP contribution is 2.51. The quantitative estimate of drug-likeness (QED) is 0.283. The van der Waals surface area contributed by atoms with E-state index in [4.69, 9.17) is 14.7 Å². The zero-order chi connectivity index (χ0) is 28.5. The molecule has 0 bridgehead atoms. The first-order chi connectivity index (χ1) is 19.7. The van der Waals surface area contributed by atoms with Crippen LogP contribution in [0.3, 0.4) is 0 Å². The molecule has 7 rings (SSSR count). The number of hydrogen-bond acceptors (Lipinski definition) is 7. The predicted octanol–water partition coefficient (Wildman–Crippen LogP) is 5.41. The van der Waals surface area contributed by atoms with Gasteiger partial charge in [0.2, 0.25) is 5.92 Å². The SMILES string of the molecule is Cc1nc2c(N3C[C@@H](C)N(C(c4ccc(Br)cc4)C4CC(F)(F)C4)C[C@@H]3C)nc3nncn3c2n1CC1CCCO1. The highest BCUT2D eigenvalue weighted by atomic mass is 79.9. The van der Waals surface area contributed by atoms with E-state index in [1.807, 2.05) is 23.5 Å². The summed E-state index contributed by atoms with van der Waals surface area (Å²) in [5.41, 5.74) is 2.84. The Morgan fingerprint density at radius 2 is 1.88 bits per heavy atom. The van der Waals surface area contributed by atoms with Crippen LogP contribution in [-0.2, 0) is 11.3 Å². The molecule has 2 aliphatic heterocycles. The van der Waals surface area contributed by atoms with E-state index in [-0.39, 0.29) is 43.0 Å². The van der Waals surface area contributed by atoms with Crippen LogP contribution in [0.1, 0.15) is 57.0 Å². The summed E-state index contributed by atoms with van der Waals surface area (Å²) in [6.45, 7) is 9.34. The van der Waals surface area contributed by atoms with E-state index in [1.165, 1.54) is 0 Å². The number of aromatic nitrogens is 6. The molecule has 1 saturated carbocycles. The molecule has 12 heteroatoms. The molecule has 5 heterocycles. The van der Waals surface area contributed by atoms with Gasteiger partial charge in [0.25, 0.3) is 5.78 Å². The van der Waals surface area contributed by atoms with Crippen molar-refractivity contribution >= 4 is 38.7 Å². The van der Waals surface area contributed by atoms with Gasteiger partial charge in [0, 0.05) is 55.1 Å². The fourth-order valence-corrected chi connectivity index (χ4v) is 7.39. The molecule has 3 aliphatic rings. The lowest BCUT2D eigenvalue weighted by Crippen LogP contribution is -2.59. The molecule has 41 heavy (non-hydrogen) atoms. The summed E-state index contributed by atoms with van der Waals surface area (Å²) in [7, 11) is 0. The molecule has 3 fully saturated rings. The van der Waals surface area contributed by atoms with Crippen molar-refractivity contribution in [1.29, 1.82) is 0 Å². The summed E-state index contributed by atoms with van der Waals surface area (Å²) in [5, 5.41) is 8.48. The van der Waals surface area contributed by atoms with E-state index in [1.54, 1.807) is 6.33 Å².